The maximum atomic E-state index is 16.8. The summed E-state index contributed by atoms with van der Waals surface area (Å²) in [7, 11) is 1.85. The van der Waals surface area contributed by atoms with Gasteiger partial charge in [0.2, 0.25) is 5.88 Å². The number of halogens is 3. The summed E-state index contributed by atoms with van der Waals surface area (Å²) >= 11 is 0. The largest absolute Gasteiger partial charge is 0.475 e. The second-order valence-corrected chi connectivity index (χ2v) is 11.9. The van der Waals surface area contributed by atoms with E-state index in [1.165, 1.54) is 6.07 Å². The number of pyridine rings is 1. The first-order valence-electron chi connectivity index (χ1n) is 14.6. The molecule has 0 spiro atoms. The number of likely N-dealkylation sites (N-methyl/N-ethyl adjacent to an activating group) is 1. The molecule has 11 heteroatoms. The number of nitrogens with one attached hydrogen (secondary N) is 1. The maximum Gasteiger partial charge on any atom is 0.319 e. The average molecular weight is 587 g/mol. The minimum atomic E-state index is -0.929. The van der Waals surface area contributed by atoms with Crippen LogP contribution >= 0.6 is 0 Å². The highest BCUT2D eigenvalue weighted by Crippen LogP contribution is 2.44. The zero-order chi connectivity index (χ0) is 29.4. The van der Waals surface area contributed by atoms with E-state index in [4.69, 9.17) is 20.9 Å². The van der Waals surface area contributed by atoms with Gasteiger partial charge in [0.05, 0.1) is 11.6 Å². The normalized spacial score (nSPS) is 26.3. The van der Waals surface area contributed by atoms with Gasteiger partial charge in [0, 0.05) is 42.2 Å². The number of fused-ring (bicyclic) bond motifs is 6. The van der Waals surface area contributed by atoms with Gasteiger partial charge >= 0.3 is 6.01 Å². The van der Waals surface area contributed by atoms with E-state index in [0.717, 1.165) is 12.8 Å². The third-order valence-electron chi connectivity index (χ3n) is 9.37. The van der Waals surface area contributed by atoms with Crippen LogP contribution in [0.3, 0.4) is 0 Å². The molecule has 220 valence electrons. The zero-order valence-electron chi connectivity index (χ0n) is 23.5. The lowest BCUT2D eigenvalue weighted by Crippen LogP contribution is -2.60. The molecule has 4 aliphatic heterocycles. The summed E-state index contributed by atoms with van der Waals surface area (Å²) in [5.41, 5.74) is 0.294. The number of rotatable bonds is 4. The van der Waals surface area contributed by atoms with Gasteiger partial charge in [-0.1, -0.05) is 30.2 Å². The Kier molecular flexibility index (Phi) is 6.14. The Bertz CT molecular complexity index is 1830. The number of benzene rings is 2. The summed E-state index contributed by atoms with van der Waals surface area (Å²) in [6.07, 6.45) is 7.15. The Hall–Kier alpha value is -4.14. The molecular formula is C32H29F3N6O2. The quantitative estimate of drug-likeness (QED) is 0.357. The molecule has 43 heavy (non-hydrogen) atoms. The van der Waals surface area contributed by atoms with Gasteiger partial charge in [-0.25, -0.2) is 18.2 Å². The van der Waals surface area contributed by atoms with Crippen molar-refractivity contribution in [1.82, 2.24) is 25.2 Å². The maximum absolute atomic E-state index is 16.8. The molecular weight excluding hydrogens is 557 g/mol. The van der Waals surface area contributed by atoms with Crippen LogP contribution in [0.2, 0.25) is 0 Å². The van der Waals surface area contributed by atoms with Crippen LogP contribution in [-0.2, 0) is 0 Å². The average Bonchev–Trinajstić information content (AvgIpc) is 3.50. The molecule has 1 N–H and O–H groups in total. The van der Waals surface area contributed by atoms with Crippen LogP contribution in [0.25, 0.3) is 32.9 Å². The number of nitrogens with zero attached hydrogens (tertiary/aromatic N) is 5. The summed E-state index contributed by atoms with van der Waals surface area (Å²) < 4.78 is 58.0. The topological polar surface area (TPSA) is 75.6 Å². The second kappa shape index (κ2) is 9.96. The molecule has 8 nitrogen and oxygen atoms in total. The van der Waals surface area contributed by atoms with E-state index in [2.05, 4.69) is 26.1 Å². The van der Waals surface area contributed by atoms with E-state index in [0.29, 0.717) is 53.7 Å². The van der Waals surface area contributed by atoms with Gasteiger partial charge in [0.15, 0.2) is 5.82 Å². The monoisotopic (exact) mass is 586 g/mol. The van der Waals surface area contributed by atoms with Gasteiger partial charge in [-0.15, -0.1) is 6.42 Å². The smallest absolute Gasteiger partial charge is 0.319 e. The fraction of sp³-hybridized carbons (Fsp3) is 0.406. The van der Waals surface area contributed by atoms with Crippen molar-refractivity contribution < 1.29 is 22.6 Å². The number of piperazine rings is 1. The number of ether oxygens (including phenoxy) is 2. The minimum Gasteiger partial charge on any atom is -0.475 e. The highest BCUT2D eigenvalue weighted by molar-refractivity contribution is 6.03. The molecule has 0 amide bonds. The van der Waals surface area contributed by atoms with E-state index >= 15 is 4.39 Å². The number of alkyl halides is 1. The van der Waals surface area contributed by atoms with Crippen LogP contribution in [0, 0.1) is 24.0 Å². The molecule has 0 aliphatic carbocycles. The summed E-state index contributed by atoms with van der Waals surface area (Å²) in [4.78, 5) is 18.1. The van der Waals surface area contributed by atoms with Gasteiger partial charge in [0.1, 0.15) is 47.6 Å². The fourth-order valence-electron chi connectivity index (χ4n) is 7.23. The lowest BCUT2D eigenvalue weighted by atomic mass is 9.96. The Morgan fingerprint density at radius 2 is 2.00 bits per heavy atom. The summed E-state index contributed by atoms with van der Waals surface area (Å²) in [5, 5.41) is 5.06. The Morgan fingerprint density at radius 3 is 2.81 bits per heavy atom. The second-order valence-electron chi connectivity index (χ2n) is 11.9. The van der Waals surface area contributed by atoms with Crippen LogP contribution in [-0.4, -0.2) is 83.5 Å². The van der Waals surface area contributed by atoms with Crippen molar-refractivity contribution in [2.45, 2.75) is 49.6 Å². The molecule has 2 bridgehead atoms. The van der Waals surface area contributed by atoms with E-state index in [1.807, 2.05) is 11.9 Å². The van der Waals surface area contributed by atoms with E-state index in [1.54, 1.807) is 24.3 Å². The van der Waals surface area contributed by atoms with E-state index in [9.17, 15) is 8.78 Å². The first kappa shape index (κ1) is 26.5. The first-order valence-corrected chi connectivity index (χ1v) is 14.6. The Labute approximate surface area is 246 Å². The highest BCUT2D eigenvalue weighted by atomic mass is 19.1. The van der Waals surface area contributed by atoms with Crippen molar-refractivity contribution in [3.05, 3.63) is 47.5 Å². The molecule has 2 aromatic carbocycles. The standard InChI is InChI=1S/C32H29F3N6O2/c1-3-20-22(34)9-7-16-5-4-6-21(25(16)20)28-27(35)29-26-30(39-32(38-29)43-14-19-11-17(33)12-40(19)2)41-13-18-8-10-23(36-18)24(41)15-42-31(26)37-28/h1,4-7,9,17-19,23-24,36H,8,10-15H2,2H3/t17-,18+,19+,23-,24-/m1/s1. The molecule has 4 aromatic rings. The molecule has 6 heterocycles. The first-order chi connectivity index (χ1) is 20.9. The van der Waals surface area contributed by atoms with Crippen molar-refractivity contribution >= 4 is 27.5 Å². The molecule has 4 aliphatic rings. The summed E-state index contributed by atoms with van der Waals surface area (Å²) in [6.45, 7) is 1.48. The van der Waals surface area contributed by atoms with Crippen LogP contribution in [0.15, 0.2) is 30.3 Å². The highest BCUT2D eigenvalue weighted by Gasteiger charge is 2.44. The number of terminal acetylenes is 1. The fourth-order valence-corrected chi connectivity index (χ4v) is 7.23. The Morgan fingerprint density at radius 1 is 1.12 bits per heavy atom. The van der Waals surface area contributed by atoms with Crippen LogP contribution in [0.1, 0.15) is 24.8 Å². The van der Waals surface area contributed by atoms with Crippen LogP contribution < -0.4 is 19.7 Å². The zero-order valence-corrected chi connectivity index (χ0v) is 23.5. The number of aromatic nitrogens is 3. The molecule has 2 aromatic heterocycles. The third kappa shape index (κ3) is 4.18. The van der Waals surface area contributed by atoms with Crippen molar-refractivity contribution in [2.75, 3.05) is 38.3 Å². The predicted molar refractivity (Wildman–Crippen MR) is 156 cm³/mol. The molecule has 0 radical (unpaired) electrons. The molecule has 3 saturated heterocycles. The van der Waals surface area contributed by atoms with Gasteiger partial charge in [-0.3, -0.25) is 4.90 Å². The number of anilines is 1. The van der Waals surface area contributed by atoms with E-state index < -0.39 is 17.8 Å². The molecule has 0 saturated carbocycles. The predicted octanol–water partition coefficient (Wildman–Crippen LogP) is 4.23. The molecule has 5 atom stereocenters. The lowest BCUT2D eigenvalue weighted by molar-refractivity contribution is 0.188. The van der Waals surface area contributed by atoms with Crippen LogP contribution in [0.5, 0.6) is 11.9 Å². The molecule has 8 rings (SSSR count). The van der Waals surface area contributed by atoms with Gasteiger partial charge in [-0.2, -0.15) is 9.97 Å². The number of hydrogen-bond donors (Lipinski definition) is 1. The van der Waals surface area contributed by atoms with Gasteiger partial charge in [-0.05, 0) is 37.8 Å². The van der Waals surface area contributed by atoms with Crippen molar-refractivity contribution in [2.24, 2.45) is 0 Å². The SMILES string of the molecule is C#Cc1c(F)ccc2cccc(-c3nc4c5c(nc(OC[C@@H]6C[C@@H](F)CN6C)nc5c3F)N3C[C@@H]5CC[C@@H](N5)[C@H]3CO4)c12. The van der Waals surface area contributed by atoms with Crippen LogP contribution in [0.4, 0.5) is 19.0 Å². The summed E-state index contributed by atoms with van der Waals surface area (Å²) in [6, 6.07) is 8.35. The van der Waals surface area contributed by atoms with E-state index in [-0.39, 0.29) is 59.4 Å². The third-order valence-corrected chi connectivity index (χ3v) is 9.37. The number of hydrogen-bond acceptors (Lipinski definition) is 8. The van der Waals surface area contributed by atoms with Gasteiger partial charge in [0.25, 0.3) is 0 Å². The number of likely N-dealkylation sites (tertiary alicyclic amines) is 1. The van der Waals surface area contributed by atoms with Crippen molar-refractivity contribution in [1.29, 1.82) is 0 Å². The lowest BCUT2D eigenvalue weighted by Gasteiger charge is -2.40. The van der Waals surface area contributed by atoms with Crippen molar-refractivity contribution in [3.8, 4) is 35.5 Å². The molecule has 3 fully saturated rings. The minimum absolute atomic E-state index is 0.0000146. The summed E-state index contributed by atoms with van der Waals surface area (Å²) in [5.74, 6) is 1.84. The Balaban J connectivity index is 1.33. The molecule has 0 unspecified atom stereocenters. The van der Waals surface area contributed by atoms with Crippen molar-refractivity contribution in [3.63, 3.8) is 0 Å². The van der Waals surface area contributed by atoms with Gasteiger partial charge < -0.3 is 19.7 Å².